The summed E-state index contributed by atoms with van der Waals surface area (Å²) in [4.78, 5) is 11.9. The highest BCUT2D eigenvalue weighted by atomic mass is 16.5. The number of hydrogen-bond acceptors (Lipinski definition) is 4. The number of carbonyl (C=O) groups excluding carboxylic acids is 1. The van der Waals surface area contributed by atoms with E-state index >= 15 is 0 Å². The number of carbonyl (C=O) groups is 1. The predicted molar refractivity (Wildman–Crippen MR) is 82.7 cm³/mol. The second-order valence-corrected chi connectivity index (χ2v) is 4.59. The number of nitrogen functional groups attached to an aromatic ring is 1. The molecule has 2 aromatic rings. The maximum absolute atomic E-state index is 11.9. The van der Waals surface area contributed by atoms with Gasteiger partial charge in [0, 0.05) is 17.4 Å². The van der Waals surface area contributed by atoms with Gasteiger partial charge in [0.2, 0.25) is 0 Å². The Kier molecular flexibility index (Phi) is 4.66. The summed E-state index contributed by atoms with van der Waals surface area (Å²) in [6, 6.07) is 12.4. The highest BCUT2D eigenvalue weighted by Gasteiger charge is 2.06. The molecule has 0 unspecified atom stereocenters. The zero-order valence-electron chi connectivity index (χ0n) is 12.1. The van der Waals surface area contributed by atoms with Crippen LogP contribution >= 0.6 is 0 Å². The molecule has 0 spiro atoms. The van der Waals surface area contributed by atoms with E-state index in [-0.39, 0.29) is 12.5 Å². The van der Waals surface area contributed by atoms with Crippen LogP contribution in [0.4, 0.5) is 11.4 Å². The maximum atomic E-state index is 11.9. The largest absolute Gasteiger partial charge is 0.497 e. The molecule has 0 aliphatic heterocycles. The lowest BCUT2D eigenvalue weighted by Crippen LogP contribution is -2.20. The summed E-state index contributed by atoms with van der Waals surface area (Å²) in [6.45, 7) is 1.81. The minimum absolute atomic E-state index is 0.0675. The van der Waals surface area contributed by atoms with Crippen LogP contribution < -0.4 is 20.5 Å². The van der Waals surface area contributed by atoms with Crippen molar-refractivity contribution >= 4 is 17.3 Å². The fourth-order valence-corrected chi connectivity index (χ4v) is 1.88. The summed E-state index contributed by atoms with van der Waals surface area (Å²) >= 11 is 0. The van der Waals surface area contributed by atoms with E-state index < -0.39 is 0 Å². The lowest BCUT2D eigenvalue weighted by molar-refractivity contribution is -0.118. The molecular weight excluding hydrogens is 268 g/mol. The van der Waals surface area contributed by atoms with Crippen molar-refractivity contribution in [1.29, 1.82) is 0 Å². The average molecular weight is 286 g/mol. The van der Waals surface area contributed by atoms with Gasteiger partial charge in [-0.1, -0.05) is 6.07 Å². The molecule has 0 fully saturated rings. The Morgan fingerprint density at radius 1 is 1.24 bits per heavy atom. The number of nitrogens with two attached hydrogens (primary N) is 1. The van der Waals surface area contributed by atoms with E-state index in [0.29, 0.717) is 22.9 Å². The molecule has 0 aliphatic carbocycles. The minimum Gasteiger partial charge on any atom is -0.497 e. The lowest BCUT2D eigenvalue weighted by Gasteiger charge is -2.10. The van der Waals surface area contributed by atoms with Gasteiger partial charge in [0.1, 0.15) is 11.5 Å². The van der Waals surface area contributed by atoms with Crippen molar-refractivity contribution in [2.45, 2.75) is 6.92 Å². The molecule has 0 radical (unpaired) electrons. The number of anilines is 2. The molecule has 1 amide bonds. The number of nitrogens with one attached hydrogen (secondary N) is 1. The normalized spacial score (nSPS) is 10.0. The molecular formula is C16H18N2O3. The van der Waals surface area contributed by atoms with E-state index in [0.717, 1.165) is 5.56 Å². The Hall–Kier alpha value is -2.69. The number of benzene rings is 2. The second-order valence-electron chi connectivity index (χ2n) is 4.59. The average Bonchev–Trinajstić information content (AvgIpc) is 2.46. The van der Waals surface area contributed by atoms with Crippen molar-refractivity contribution in [3.8, 4) is 11.5 Å². The van der Waals surface area contributed by atoms with Crippen molar-refractivity contribution in [2.24, 2.45) is 0 Å². The molecule has 0 aromatic heterocycles. The molecule has 0 saturated heterocycles. The first-order valence-corrected chi connectivity index (χ1v) is 6.51. The van der Waals surface area contributed by atoms with E-state index in [1.165, 1.54) is 0 Å². The van der Waals surface area contributed by atoms with Crippen LogP contribution in [0.15, 0.2) is 42.5 Å². The van der Waals surface area contributed by atoms with Gasteiger partial charge in [-0.15, -0.1) is 0 Å². The molecule has 0 saturated carbocycles. The quantitative estimate of drug-likeness (QED) is 0.829. The Bertz CT molecular complexity index is 641. The van der Waals surface area contributed by atoms with Crippen molar-refractivity contribution < 1.29 is 14.3 Å². The van der Waals surface area contributed by atoms with Crippen molar-refractivity contribution in [2.75, 3.05) is 24.8 Å². The zero-order chi connectivity index (χ0) is 15.2. The van der Waals surface area contributed by atoms with Gasteiger partial charge in [0.25, 0.3) is 5.91 Å². The van der Waals surface area contributed by atoms with Crippen LogP contribution in [0.5, 0.6) is 11.5 Å². The van der Waals surface area contributed by atoms with Crippen LogP contribution in [-0.2, 0) is 4.79 Å². The Labute approximate surface area is 123 Å². The van der Waals surface area contributed by atoms with E-state index in [2.05, 4.69) is 5.32 Å². The summed E-state index contributed by atoms with van der Waals surface area (Å²) in [5.41, 5.74) is 7.89. The smallest absolute Gasteiger partial charge is 0.262 e. The Morgan fingerprint density at radius 3 is 2.76 bits per heavy atom. The highest BCUT2D eigenvalue weighted by molar-refractivity contribution is 5.92. The fourth-order valence-electron chi connectivity index (χ4n) is 1.88. The monoisotopic (exact) mass is 286 g/mol. The Balaban J connectivity index is 1.92. The molecule has 0 aliphatic rings. The second kappa shape index (κ2) is 6.65. The SMILES string of the molecule is COc1cccc(NC(=O)COc2ccc(N)cc2C)c1. The van der Waals surface area contributed by atoms with Crippen molar-refractivity contribution in [1.82, 2.24) is 0 Å². The molecule has 21 heavy (non-hydrogen) atoms. The van der Waals surface area contributed by atoms with Crippen LogP contribution in [0.3, 0.4) is 0 Å². The third-order valence-electron chi connectivity index (χ3n) is 2.91. The number of hydrogen-bond donors (Lipinski definition) is 2. The first-order valence-electron chi connectivity index (χ1n) is 6.51. The van der Waals surface area contributed by atoms with Gasteiger partial charge in [0.05, 0.1) is 7.11 Å². The van der Waals surface area contributed by atoms with Gasteiger partial charge in [-0.05, 0) is 42.8 Å². The van der Waals surface area contributed by atoms with Crippen LogP contribution in [0, 0.1) is 6.92 Å². The van der Waals surface area contributed by atoms with E-state index in [4.69, 9.17) is 15.2 Å². The molecule has 5 nitrogen and oxygen atoms in total. The first-order chi connectivity index (χ1) is 10.1. The molecule has 2 rings (SSSR count). The van der Waals surface area contributed by atoms with E-state index in [1.54, 1.807) is 43.5 Å². The topological polar surface area (TPSA) is 73.6 Å². The van der Waals surface area contributed by atoms with Gasteiger partial charge >= 0.3 is 0 Å². The lowest BCUT2D eigenvalue weighted by atomic mass is 10.2. The fraction of sp³-hybridized carbons (Fsp3) is 0.188. The van der Waals surface area contributed by atoms with Gasteiger partial charge in [0.15, 0.2) is 6.61 Å². The van der Waals surface area contributed by atoms with Crippen LogP contribution in [0.2, 0.25) is 0 Å². The van der Waals surface area contributed by atoms with Gasteiger partial charge in [-0.25, -0.2) is 0 Å². The molecule has 3 N–H and O–H groups in total. The van der Waals surface area contributed by atoms with Crippen LogP contribution in [-0.4, -0.2) is 19.6 Å². The molecule has 0 atom stereocenters. The Morgan fingerprint density at radius 2 is 2.05 bits per heavy atom. The number of rotatable bonds is 5. The summed E-state index contributed by atoms with van der Waals surface area (Å²) in [5.74, 6) is 1.09. The number of amides is 1. The van der Waals surface area contributed by atoms with Crippen molar-refractivity contribution in [3.63, 3.8) is 0 Å². The minimum atomic E-state index is -0.237. The third kappa shape index (κ3) is 4.14. The molecule has 0 bridgehead atoms. The number of methoxy groups -OCH3 is 1. The van der Waals surface area contributed by atoms with Gasteiger partial charge < -0.3 is 20.5 Å². The zero-order valence-corrected chi connectivity index (χ0v) is 12.1. The van der Waals surface area contributed by atoms with Gasteiger partial charge in [-0.3, -0.25) is 4.79 Å². The van der Waals surface area contributed by atoms with E-state index in [9.17, 15) is 4.79 Å². The molecule has 0 heterocycles. The van der Waals surface area contributed by atoms with Crippen LogP contribution in [0.25, 0.3) is 0 Å². The summed E-state index contributed by atoms with van der Waals surface area (Å²) in [5, 5.41) is 2.75. The van der Waals surface area contributed by atoms with Gasteiger partial charge in [-0.2, -0.15) is 0 Å². The molecule has 110 valence electrons. The number of aryl methyl sites for hydroxylation is 1. The molecule has 2 aromatic carbocycles. The summed E-state index contributed by atoms with van der Waals surface area (Å²) in [7, 11) is 1.58. The third-order valence-corrected chi connectivity index (χ3v) is 2.91. The predicted octanol–water partition coefficient (Wildman–Crippen LogP) is 2.60. The standard InChI is InChI=1S/C16H18N2O3/c1-11-8-12(17)6-7-15(11)21-10-16(19)18-13-4-3-5-14(9-13)20-2/h3-9H,10,17H2,1-2H3,(H,18,19). The van der Waals surface area contributed by atoms with Crippen molar-refractivity contribution in [3.05, 3.63) is 48.0 Å². The first kappa shape index (κ1) is 14.7. The molecule has 5 heteroatoms. The summed E-state index contributed by atoms with van der Waals surface area (Å²) < 4.78 is 10.6. The highest BCUT2D eigenvalue weighted by Crippen LogP contribution is 2.20. The van der Waals surface area contributed by atoms with E-state index in [1.807, 2.05) is 13.0 Å². The number of ether oxygens (including phenoxy) is 2. The summed E-state index contributed by atoms with van der Waals surface area (Å²) in [6.07, 6.45) is 0. The maximum Gasteiger partial charge on any atom is 0.262 e. The van der Waals surface area contributed by atoms with Crippen LogP contribution in [0.1, 0.15) is 5.56 Å².